The van der Waals surface area contributed by atoms with E-state index in [1.165, 1.54) is 5.56 Å². The smallest absolute Gasteiger partial charge is 0.157 e. The van der Waals surface area contributed by atoms with Gasteiger partial charge in [0.2, 0.25) is 0 Å². The van der Waals surface area contributed by atoms with Crippen LogP contribution in [0.1, 0.15) is 37.8 Å². The molecule has 3 nitrogen and oxygen atoms in total. The summed E-state index contributed by atoms with van der Waals surface area (Å²) in [4.78, 5) is 0. The second kappa shape index (κ2) is 12.2. The van der Waals surface area contributed by atoms with Gasteiger partial charge < -0.3 is 10.1 Å². The van der Waals surface area contributed by atoms with Gasteiger partial charge in [0, 0.05) is 5.25 Å². The third-order valence-corrected chi connectivity index (χ3v) is 5.17. The Morgan fingerprint density at radius 3 is 2.56 bits per heavy atom. The molecule has 1 unspecified atom stereocenters. The Kier molecular flexibility index (Phi) is 9.54. The molecule has 0 spiro atoms. The lowest BCUT2D eigenvalue weighted by atomic mass is 10.1. The number of nitrogens with one attached hydrogen (secondary N) is 1. The maximum atomic E-state index is 8.89. The van der Waals surface area contributed by atoms with Crippen LogP contribution in [-0.4, -0.2) is 18.3 Å². The zero-order valence-corrected chi connectivity index (χ0v) is 17.0. The molecule has 0 aliphatic heterocycles. The van der Waals surface area contributed by atoms with E-state index < -0.39 is 0 Å². The van der Waals surface area contributed by atoms with Crippen molar-refractivity contribution in [2.75, 3.05) is 13.1 Å². The molecule has 0 bridgehead atoms. The summed E-state index contributed by atoms with van der Waals surface area (Å²) >= 11 is 1.76. The molecule has 0 radical (unpaired) electrons. The first-order chi connectivity index (χ1) is 13.2. The lowest BCUT2D eigenvalue weighted by molar-refractivity contribution is 0.462. The molecule has 0 saturated heterocycles. The highest BCUT2D eigenvalue weighted by Crippen LogP contribution is 2.27. The van der Waals surface area contributed by atoms with E-state index in [1.54, 1.807) is 23.9 Å². The molecule has 2 aromatic carbocycles. The van der Waals surface area contributed by atoms with E-state index in [1.807, 2.05) is 12.1 Å². The van der Waals surface area contributed by atoms with Crippen molar-refractivity contribution in [3.8, 4) is 11.8 Å². The molecule has 0 fully saturated rings. The second-order valence-corrected chi connectivity index (χ2v) is 7.82. The summed E-state index contributed by atoms with van der Waals surface area (Å²) < 4.78 is 6.00. The molecule has 1 N–H and O–H groups in total. The standard InChI is InChI=1S/C23H28N2OS/c1-3-7-23(26-22-12-10-21(18-24)11-13-22)27-19(2)14-16-25-17-15-20-8-5-4-6-9-20/h4-13,19,25H,3,14-17H2,1-2H3/b23-7-. The number of nitriles is 1. The van der Waals surface area contributed by atoms with Crippen molar-refractivity contribution in [1.29, 1.82) is 5.26 Å². The number of benzene rings is 2. The van der Waals surface area contributed by atoms with Crippen LogP contribution in [0.2, 0.25) is 0 Å². The monoisotopic (exact) mass is 380 g/mol. The van der Waals surface area contributed by atoms with Crippen LogP contribution in [0.15, 0.2) is 65.8 Å². The van der Waals surface area contributed by atoms with Crippen molar-refractivity contribution < 1.29 is 4.74 Å². The number of hydrogen-bond acceptors (Lipinski definition) is 4. The maximum absolute atomic E-state index is 8.89. The minimum absolute atomic E-state index is 0.463. The summed E-state index contributed by atoms with van der Waals surface area (Å²) in [6, 6.07) is 19.9. The quantitative estimate of drug-likeness (QED) is 0.411. The molecule has 0 aliphatic carbocycles. The van der Waals surface area contributed by atoms with Crippen molar-refractivity contribution in [3.63, 3.8) is 0 Å². The molecule has 27 heavy (non-hydrogen) atoms. The highest BCUT2D eigenvalue weighted by Gasteiger charge is 2.09. The van der Waals surface area contributed by atoms with E-state index >= 15 is 0 Å². The predicted molar refractivity (Wildman–Crippen MR) is 115 cm³/mol. The van der Waals surface area contributed by atoms with E-state index in [9.17, 15) is 0 Å². The summed E-state index contributed by atoms with van der Waals surface area (Å²) in [5.74, 6) is 0.773. The normalized spacial score (nSPS) is 12.4. The van der Waals surface area contributed by atoms with Crippen LogP contribution >= 0.6 is 11.8 Å². The number of thioether (sulfide) groups is 1. The zero-order chi connectivity index (χ0) is 19.3. The molecule has 0 aliphatic rings. The molecule has 0 saturated carbocycles. The Bertz CT molecular complexity index is 735. The molecule has 142 valence electrons. The van der Waals surface area contributed by atoms with Gasteiger partial charge in [0.15, 0.2) is 5.09 Å². The van der Waals surface area contributed by atoms with Crippen LogP contribution in [-0.2, 0) is 6.42 Å². The van der Waals surface area contributed by atoms with Crippen molar-refractivity contribution in [3.05, 3.63) is 76.9 Å². The molecule has 0 heterocycles. The molecule has 0 amide bonds. The fraction of sp³-hybridized carbons (Fsp3) is 0.348. The van der Waals surface area contributed by atoms with E-state index in [0.717, 1.165) is 43.2 Å². The average molecular weight is 381 g/mol. The minimum atomic E-state index is 0.463. The molecule has 1 atom stereocenters. The number of hydrogen-bond donors (Lipinski definition) is 1. The predicted octanol–water partition coefficient (Wildman–Crippen LogP) is 5.53. The molecule has 2 rings (SSSR count). The van der Waals surface area contributed by atoms with Crippen LogP contribution in [0.5, 0.6) is 5.75 Å². The van der Waals surface area contributed by atoms with Crippen molar-refractivity contribution in [1.82, 2.24) is 5.32 Å². The number of rotatable bonds is 11. The van der Waals surface area contributed by atoms with Gasteiger partial charge in [-0.25, -0.2) is 0 Å². The SMILES string of the molecule is CC/C=C(/Oc1ccc(C#N)cc1)SC(C)CCNCCc1ccccc1. The summed E-state index contributed by atoms with van der Waals surface area (Å²) in [5.41, 5.74) is 2.02. The van der Waals surface area contributed by atoms with E-state index in [4.69, 9.17) is 10.00 Å². The average Bonchev–Trinajstić information content (AvgIpc) is 2.69. The van der Waals surface area contributed by atoms with Crippen LogP contribution in [0, 0.1) is 11.3 Å². The van der Waals surface area contributed by atoms with Gasteiger partial charge in [-0.15, -0.1) is 0 Å². The van der Waals surface area contributed by atoms with Gasteiger partial charge in [0.25, 0.3) is 0 Å². The van der Waals surface area contributed by atoms with Gasteiger partial charge in [-0.1, -0.05) is 55.9 Å². The zero-order valence-electron chi connectivity index (χ0n) is 16.2. The van der Waals surface area contributed by atoms with Gasteiger partial charge >= 0.3 is 0 Å². The summed E-state index contributed by atoms with van der Waals surface area (Å²) in [6.45, 7) is 6.34. The van der Waals surface area contributed by atoms with Crippen LogP contribution in [0.25, 0.3) is 0 Å². The Morgan fingerprint density at radius 1 is 1.15 bits per heavy atom. The topological polar surface area (TPSA) is 45.0 Å². The third kappa shape index (κ3) is 8.34. The van der Waals surface area contributed by atoms with Crippen molar-refractivity contribution in [2.45, 2.75) is 38.4 Å². The van der Waals surface area contributed by atoms with E-state index in [2.05, 4.69) is 61.6 Å². The van der Waals surface area contributed by atoms with Gasteiger partial charge in [-0.05, 0) is 68.3 Å². The Balaban J connectivity index is 1.71. The third-order valence-electron chi connectivity index (χ3n) is 4.05. The van der Waals surface area contributed by atoms with Crippen molar-refractivity contribution >= 4 is 11.8 Å². The summed E-state index contributed by atoms with van der Waals surface area (Å²) in [7, 11) is 0. The lowest BCUT2D eigenvalue weighted by Crippen LogP contribution is -2.21. The summed E-state index contributed by atoms with van der Waals surface area (Å²) in [5, 5.41) is 13.8. The van der Waals surface area contributed by atoms with E-state index in [-0.39, 0.29) is 0 Å². The molecular formula is C23H28N2OS. The highest BCUT2D eigenvalue weighted by atomic mass is 32.2. The maximum Gasteiger partial charge on any atom is 0.157 e. The largest absolute Gasteiger partial charge is 0.451 e. The molecular weight excluding hydrogens is 352 g/mol. The van der Waals surface area contributed by atoms with Crippen LogP contribution < -0.4 is 10.1 Å². The lowest BCUT2D eigenvalue weighted by Gasteiger charge is -2.15. The summed E-state index contributed by atoms with van der Waals surface area (Å²) in [6.07, 6.45) is 5.19. The number of allylic oxidation sites excluding steroid dienone is 1. The fourth-order valence-corrected chi connectivity index (χ4v) is 3.60. The Labute approximate surface area is 167 Å². The first-order valence-corrected chi connectivity index (χ1v) is 10.4. The minimum Gasteiger partial charge on any atom is -0.451 e. The first kappa shape index (κ1) is 21.1. The Morgan fingerprint density at radius 2 is 1.89 bits per heavy atom. The number of nitrogens with zero attached hydrogens (tertiary/aromatic N) is 1. The second-order valence-electron chi connectivity index (χ2n) is 6.37. The van der Waals surface area contributed by atoms with Gasteiger partial charge in [0.1, 0.15) is 5.75 Å². The molecule has 4 heteroatoms. The van der Waals surface area contributed by atoms with Gasteiger partial charge in [0.05, 0.1) is 11.6 Å². The van der Waals surface area contributed by atoms with Crippen molar-refractivity contribution in [2.24, 2.45) is 0 Å². The van der Waals surface area contributed by atoms with Gasteiger partial charge in [-0.2, -0.15) is 5.26 Å². The van der Waals surface area contributed by atoms with Crippen LogP contribution in [0.3, 0.4) is 0 Å². The first-order valence-electron chi connectivity index (χ1n) is 9.50. The molecule has 0 aromatic heterocycles. The molecule has 2 aromatic rings. The van der Waals surface area contributed by atoms with Gasteiger partial charge in [-0.3, -0.25) is 0 Å². The fourth-order valence-electron chi connectivity index (χ4n) is 2.56. The van der Waals surface area contributed by atoms with Crippen LogP contribution in [0.4, 0.5) is 0 Å². The van der Waals surface area contributed by atoms with E-state index in [0.29, 0.717) is 10.8 Å². The number of ether oxygens (including phenoxy) is 1. The Hall–Kier alpha value is -2.22. The highest BCUT2D eigenvalue weighted by molar-refractivity contribution is 8.03.